The Labute approximate surface area is 141 Å². The van der Waals surface area contributed by atoms with E-state index in [1.807, 2.05) is 0 Å². The molecule has 2 N–H and O–H groups in total. The van der Waals surface area contributed by atoms with Crippen molar-refractivity contribution in [3.8, 4) is 0 Å². The number of aliphatic hydroxyl groups is 1. The second-order valence-corrected chi connectivity index (χ2v) is 7.94. The van der Waals surface area contributed by atoms with Crippen LogP contribution in [-0.2, 0) is 10.0 Å². The van der Waals surface area contributed by atoms with Crippen LogP contribution >= 0.6 is 11.6 Å². The molecule has 1 fully saturated rings. The van der Waals surface area contributed by atoms with Gasteiger partial charge >= 0.3 is 0 Å². The number of aliphatic hydroxyl groups excluding tert-OH is 1. The molecule has 0 unspecified atom stereocenters. The molecule has 0 aromatic heterocycles. The Morgan fingerprint density at radius 3 is 2.87 bits per heavy atom. The van der Waals surface area contributed by atoms with Gasteiger partial charge in [0.15, 0.2) is 0 Å². The van der Waals surface area contributed by atoms with Gasteiger partial charge in [-0.25, -0.2) is 17.5 Å². The Hall–Kier alpha value is -0.730. The molecule has 0 radical (unpaired) electrons. The molecule has 1 aromatic carbocycles. The Kier molecular flexibility index (Phi) is 6.39. The standard InChI is InChI=1S/C15H22ClFN2O3S/c1-11-8-15(13(16)9-14(11)17)23(21,22)18-5-7-19-6-3-2-4-12(19)10-20/h8-9,12,18,20H,2-7,10H2,1H3/t12-/m1/s1. The van der Waals surface area contributed by atoms with Crippen LogP contribution in [0.5, 0.6) is 0 Å². The van der Waals surface area contributed by atoms with E-state index in [1.165, 1.54) is 13.0 Å². The van der Waals surface area contributed by atoms with Crippen molar-refractivity contribution in [1.29, 1.82) is 0 Å². The number of nitrogens with one attached hydrogen (secondary N) is 1. The van der Waals surface area contributed by atoms with Crippen molar-refractivity contribution < 1.29 is 17.9 Å². The van der Waals surface area contributed by atoms with E-state index in [2.05, 4.69) is 9.62 Å². The highest BCUT2D eigenvalue weighted by Gasteiger charge is 2.23. The van der Waals surface area contributed by atoms with E-state index in [9.17, 15) is 17.9 Å². The maximum Gasteiger partial charge on any atom is 0.242 e. The minimum absolute atomic E-state index is 0.0791. The second-order valence-electron chi connectivity index (χ2n) is 5.80. The highest BCUT2D eigenvalue weighted by Crippen LogP contribution is 2.24. The molecule has 1 saturated heterocycles. The van der Waals surface area contributed by atoms with E-state index in [4.69, 9.17) is 11.6 Å². The topological polar surface area (TPSA) is 69.6 Å². The molecule has 5 nitrogen and oxygen atoms in total. The van der Waals surface area contributed by atoms with E-state index in [0.717, 1.165) is 31.9 Å². The smallest absolute Gasteiger partial charge is 0.242 e. The molecule has 0 saturated carbocycles. The summed E-state index contributed by atoms with van der Waals surface area (Å²) in [7, 11) is -3.79. The summed E-state index contributed by atoms with van der Waals surface area (Å²) in [6.07, 6.45) is 3.05. The predicted octanol–water partition coefficient (Wildman–Crippen LogP) is 1.91. The number of benzene rings is 1. The van der Waals surface area contributed by atoms with E-state index in [0.29, 0.717) is 6.54 Å². The van der Waals surface area contributed by atoms with Crippen LogP contribution in [-0.4, -0.2) is 50.7 Å². The summed E-state index contributed by atoms with van der Waals surface area (Å²) in [6.45, 7) is 3.15. The van der Waals surface area contributed by atoms with Gasteiger partial charge in [0.05, 0.1) is 11.6 Å². The highest BCUT2D eigenvalue weighted by atomic mass is 35.5. The normalized spacial score (nSPS) is 19.9. The lowest BCUT2D eigenvalue weighted by Crippen LogP contribution is -2.45. The Balaban J connectivity index is 2.00. The molecule has 130 valence electrons. The molecule has 1 aliphatic heterocycles. The van der Waals surface area contributed by atoms with Gasteiger partial charge in [-0.05, 0) is 44.0 Å². The first kappa shape index (κ1) is 18.6. The lowest BCUT2D eigenvalue weighted by molar-refractivity contribution is 0.0923. The van der Waals surface area contributed by atoms with Gasteiger partial charge in [0.25, 0.3) is 0 Å². The summed E-state index contributed by atoms with van der Waals surface area (Å²) in [4.78, 5) is 1.97. The van der Waals surface area contributed by atoms with E-state index < -0.39 is 15.8 Å². The molecule has 1 atom stereocenters. The molecule has 8 heteroatoms. The minimum atomic E-state index is -3.79. The predicted molar refractivity (Wildman–Crippen MR) is 87.6 cm³/mol. The van der Waals surface area contributed by atoms with E-state index in [-0.39, 0.29) is 34.7 Å². The number of hydrogen-bond acceptors (Lipinski definition) is 4. The largest absolute Gasteiger partial charge is 0.395 e. The molecule has 0 amide bonds. The molecule has 0 aliphatic carbocycles. The molecular formula is C15H22ClFN2O3S. The van der Waals surface area contributed by atoms with Gasteiger partial charge in [0.2, 0.25) is 10.0 Å². The quantitative estimate of drug-likeness (QED) is 0.809. The number of rotatable bonds is 6. The lowest BCUT2D eigenvalue weighted by atomic mass is 10.0. The van der Waals surface area contributed by atoms with Gasteiger partial charge in [-0.15, -0.1) is 0 Å². The van der Waals surface area contributed by atoms with Crippen molar-refractivity contribution in [3.05, 3.63) is 28.5 Å². The van der Waals surface area contributed by atoms with Crippen LogP contribution in [0.3, 0.4) is 0 Å². The Morgan fingerprint density at radius 1 is 1.43 bits per heavy atom. The molecular weight excluding hydrogens is 343 g/mol. The first-order chi connectivity index (χ1) is 10.8. The number of piperidine rings is 1. The summed E-state index contributed by atoms with van der Waals surface area (Å²) in [5.74, 6) is -0.534. The number of sulfonamides is 1. The molecule has 0 spiro atoms. The number of hydrogen-bond donors (Lipinski definition) is 2. The average molecular weight is 365 g/mol. The third kappa shape index (κ3) is 4.64. The molecule has 1 heterocycles. The van der Waals surface area contributed by atoms with Crippen LogP contribution in [0.1, 0.15) is 24.8 Å². The number of likely N-dealkylation sites (tertiary alicyclic amines) is 1. The molecule has 23 heavy (non-hydrogen) atoms. The summed E-state index contributed by atoms with van der Waals surface area (Å²) in [5.41, 5.74) is 0.228. The highest BCUT2D eigenvalue weighted by molar-refractivity contribution is 7.89. The lowest BCUT2D eigenvalue weighted by Gasteiger charge is -2.34. The monoisotopic (exact) mass is 364 g/mol. The molecule has 2 rings (SSSR count). The third-order valence-corrected chi connectivity index (χ3v) is 6.08. The van der Waals surface area contributed by atoms with Crippen molar-refractivity contribution in [3.63, 3.8) is 0 Å². The first-order valence-corrected chi connectivity index (χ1v) is 9.51. The van der Waals surface area contributed by atoms with Crippen LogP contribution < -0.4 is 4.72 Å². The first-order valence-electron chi connectivity index (χ1n) is 7.65. The molecule has 1 aromatic rings. The number of aryl methyl sites for hydroxylation is 1. The van der Waals surface area contributed by atoms with Crippen LogP contribution in [0.2, 0.25) is 5.02 Å². The van der Waals surface area contributed by atoms with Crippen molar-refractivity contribution in [2.75, 3.05) is 26.2 Å². The average Bonchev–Trinajstić information content (AvgIpc) is 2.51. The van der Waals surface area contributed by atoms with Gasteiger partial charge in [-0.1, -0.05) is 18.0 Å². The zero-order chi connectivity index (χ0) is 17.0. The zero-order valence-corrected chi connectivity index (χ0v) is 14.6. The Bertz CT molecular complexity index is 654. The minimum Gasteiger partial charge on any atom is -0.395 e. The van der Waals surface area contributed by atoms with Crippen LogP contribution in [0.4, 0.5) is 4.39 Å². The Morgan fingerprint density at radius 2 is 2.17 bits per heavy atom. The van der Waals surface area contributed by atoms with Gasteiger partial charge in [0, 0.05) is 19.1 Å². The molecule has 1 aliphatic rings. The summed E-state index contributed by atoms with van der Waals surface area (Å²) < 4.78 is 40.5. The van der Waals surface area contributed by atoms with Crippen LogP contribution in [0, 0.1) is 12.7 Å². The van der Waals surface area contributed by atoms with Gasteiger partial charge < -0.3 is 5.11 Å². The van der Waals surface area contributed by atoms with Crippen LogP contribution in [0.25, 0.3) is 0 Å². The van der Waals surface area contributed by atoms with Crippen LogP contribution in [0.15, 0.2) is 17.0 Å². The fraction of sp³-hybridized carbons (Fsp3) is 0.600. The van der Waals surface area contributed by atoms with Gasteiger partial charge in [0.1, 0.15) is 10.7 Å². The van der Waals surface area contributed by atoms with E-state index in [1.54, 1.807) is 0 Å². The maximum atomic E-state index is 13.4. The summed E-state index contributed by atoms with van der Waals surface area (Å²) >= 11 is 5.86. The summed E-state index contributed by atoms with van der Waals surface area (Å²) in [6, 6.07) is 2.33. The van der Waals surface area contributed by atoms with Crippen molar-refractivity contribution in [1.82, 2.24) is 9.62 Å². The van der Waals surface area contributed by atoms with Crippen molar-refractivity contribution in [2.24, 2.45) is 0 Å². The SMILES string of the molecule is Cc1cc(S(=O)(=O)NCCN2CCCC[C@@H]2CO)c(Cl)cc1F. The molecule has 0 bridgehead atoms. The third-order valence-electron chi connectivity index (χ3n) is 4.15. The maximum absolute atomic E-state index is 13.4. The fourth-order valence-corrected chi connectivity index (χ4v) is 4.42. The van der Waals surface area contributed by atoms with Crippen molar-refractivity contribution in [2.45, 2.75) is 37.1 Å². The van der Waals surface area contributed by atoms with E-state index >= 15 is 0 Å². The van der Waals surface area contributed by atoms with Gasteiger partial charge in [-0.3, -0.25) is 4.90 Å². The zero-order valence-electron chi connectivity index (χ0n) is 13.1. The fourth-order valence-electron chi connectivity index (χ4n) is 2.80. The number of nitrogens with zero attached hydrogens (tertiary/aromatic N) is 1. The number of halogens is 2. The van der Waals surface area contributed by atoms with Gasteiger partial charge in [-0.2, -0.15) is 0 Å². The van der Waals surface area contributed by atoms with Crippen molar-refractivity contribution >= 4 is 21.6 Å². The summed E-state index contributed by atoms with van der Waals surface area (Å²) in [5, 5.41) is 9.23. The second kappa shape index (κ2) is 7.90.